The first-order valence-corrected chi connectivity index (χ1v) is 8.70. The van der Waals surface area contributed by atoms with Gasteiger partial charge >= 0.3 is 11.9 Å². The number of esters is 2. The van der Waals surface area contributed by atoms with Crippen LogP contribution in [0.2, 0.25) is 5.02 Å². The van der Waals surface area contributed by atoms with Gasteiger partial charge in [-0.3, -0.25) is 4.79 Å². The molecular formula is C19H20ClNO6. The second-order valence-corrected chi connectivity index (χ2v) is 5.98. The molecule has 2 aromatic rings. The quantitative estimate of drug-likeness (QED) is 0.405. The molecule has 2 rings (SSSR count). The van der Waals surface area contributed by atoms with E-state index < -0.39 is 17.7 Å². The van der Waals surface area contributed by atoms with Gasteiger partial charge < -0.3 is 18.8 Å². The van der Waals surface area contributed by atoms with Crippen LogP contribution in [0.3, 0.4) is 0 Å². The Bertz CT molecular complexity index is 887. The molecule has 0 unspecified atom stereocenters. The minimum atomic E-state index is -1.01. The Morgan fingerprint density at radius 1 is 1.07 bits per heavy atom. The van der Waals surface area contributed by atoms with E-state index in [2.05, 4.69) is 0 Å². The third-order valence-electron chi connectivity index (χ3n) is 3.74. The van der Waals surface area contributed by atoms with E-state index in [1.54, 1.807) is 45.0 Å². The monoisotopic (exact) mass is 393 g/mol. The number of ether oxygens (including phenoxy) is 3. The molecular weight excluding hydrogens is 374 g/mol. The largest absolute Gasteiger partial charge is 0.461 e. The van der Waals surface area contributed by atoms with Crippen LogP contribution in [0.25, 0.3) is 0 Å². The van der Waals surface area contributed by atoms with Crippen LogP contribution in [-0.2, 0) is 21.3 Å². The molecule has 0 aliphatic heterocycles. The number of halogens is 1. The highest BCUT2D eigenvalue weighted by Crippen LogP contribution is 2.35. The second-order valence-electron chi connectivity index (χ2n) is 5.54. The number of carbonyl (C=O) groups excluding carboxylic acids is 3. The molecule has 0 bridgehead atoms. The van der Waals surface area contributed by atoms with E-state index >= 15 is 0 Å². The maximum atomic E-state index is 12.5. The van der Waals surface area contributed by atoms with Gasteiger partial charge in [0.15, 0.2) is 11.4 Å². The number of rotatable bonds is 7. The highest BCUT2D eigenvalue weighted by molar-refractivity contribution is 6.40. The van der Waals surface area contributed by atoms with Gasteiger partial charge in [0, 0.05) is 17.6 Å². The van der Waals surface area contributed by atoms with Crippen LogP contribution in [-0.4, -0.2) is 35.5 Å². The number of hydrogen-bond acceptors (Lipinski definition) is 6. The second kappa shape index (κ2) is 8.73. The van der Waals surface area contributed by atoms with E-state index in [0.29, 0.717) is 16.3 Å². The van der Waals surface area contributed by atoms with Crippen LogP contribution in [0, 0.1) is 6.92 Å². The van der Waals surface area contributed by atoms with Crippen LogP contribution in [0.4, 0.5) is 0 Å². The fourth-order valence-electron chi connectivity index (χ4n) is 2.62. The first-order valence-electron chi connectivity index (χ1n) is 8.33. The van der Waals surface area contributed by atoms with Crippen LogP contribution >= 0.6 is 11.6 Å². The maximum absolute atomic E-state index is 12.5. The molecule has 7 nitrogen and oxygen atoms in total. The highest BCUT2D eigenvalue weighted by atomic mass is 35.5. The Hall–Kier alpha value is -2.80. The molecule has 0 saturated carbocycles. The lowest BCUT2D eigenvalue weighted by Gasteiger charge is -2.09. The van der Waals surface area contributed by atoms with Crippen LogP contribution in [0.5, 0.6) is 11.5 Å². The fourth-order valence-corrected chi connectivity index (χ4v) is 2.80. The lowest BCUT2D eigenvalue weighted by Crippen LogP contribution is -2.22. The molecule has 0 aliphatic carbocycles. The first kappa shape index (κ1) is 20.5. The molecule has 8 heteroatoms. The summed E-state index contributed by atoms with van der Waals surface area (Å²) in [4.78, 5) is 36.9. The fraction of sp³-hybridized carbons (Fsp3) is 0.316. The zero-order chi connectivity index (χ0) is 20.1. The molecule has 0 atom stereocenters. The van der Waals surface area contributed by atoms with Crippen molar-refractivity contribution in [3.63, 3.8) is 0 Å². The van der Waals surface area contributed by atoms with Gasteiger partial charge in [-0.05, 0) is 39.0 Å². The number of aromatic nitrogens is 1. The van der Waals surface area contributed by atoms with Crippen molar-refractivity contribution in [1.29, 1.82) is 0 Å². The van der Waals surface area contributed by atoms with Gasteiger partial charge in [-0.1, -0.05) is 17.7 Å². The van der Waals surface area contributed by atoms with Crippen molar-refractivity contribution in [1.82, 2.24) is 4.57 Å². The van der Waals surface area contributed by atoms with Crippen LogP contribution < -0.4 is 4.74 Å². The van der Waals surface area contributed by atoms with E-state index in [4.69, 9.17) is 25.8 Å². The molecule has 0 aliphatic rings. The van der Waals surface area contributed by atoms with Crippen molar-refractivity contribution in [2.45, 2.75) is 20.8 Å². The smallest absolute Gasteiger partial charge is 0.381 e. The van der Waals surface area contributed by atoms with E-state index in [9.17, 15) is 14.4 Å². The molecule has 0 radical (unpaired) electrons. The summed E-state index contributed by atoms with van der Waals surface area (Å²) in [6.07, 6.45) is 0. The lowest BCUT2D eigenvalue weighted by atomic mass is 10.2. The zero-order valence-electron chi connectivity index (χ0n) is 15.5. The molecule has 1 heterocycles. The number of ketones is 1. The molecule has 0 spiro atoms. The SMILES string of the molecule is CCOC(=O)C(=O)c1c(C)c(Oc2cccc(Cl)c2)c(C(=O)OCC)n1C. The average molecular weight is 394 g/mol. The van der Waals surface area contributed by atoms with Crippen molar-refractivity contribution < 1.29 is 28.6 Å². The molecule has 1 aromatic carbocycles. The van der Waals surface area contributed by atoms with Gasteiger partial charge in [-0.15, -0.1) is 0 Å². The van der Waals surface area contributed by atoms with Gasteiger partial charge in [0.2, 0.25) is 0 Å². The minimum absolute atomic E-state index is 0.00599. The van der Waals surface area contributed by atoms with Crippen molar-refractivity contribution >= 4 is 29.3 Å². The number of nitrogens with zero attached hydrogens (tertiary/aromatic N) is 1. The summed E-state index contributed by atoms with van der Waals surface area (Å²) in [6.45, 7) is 5.04. The molecule has 1 aromatic heterocycles. The number of Topliss-reactive ketones (excluding diaryl/α,β-unsaturated/α-hetero) is 1. The number of carbonyl (C=O) groups is 3. The molecule has 144 valence electrons. The predicted octanol–water partition coefficient (Wildman–Crippen LogP) is 3.70. The average Bonchev–Trinajstić information content (AvgIpc) is 2.85. The van der Waals surface area contributed by atoms with E-state index in [0.717, 1.165) is 0 Å². The van der Waals surface area contributed by atoms with Gasteiger partial charge in [0.05, 0.1) is 13.2 Å². The van der Waals surface area contributed by atoms with Crippen LogP contribution in [0.15, 0.2) is 24.3 Å². The number of hydrogen-bond donors (Lipinski definition) is 0. The van der Waals surface area contributed by atoms with Crippen molar-refractivity contribution in [2.24, 2.45) is 7.05 Å². The summed E-state index contributed by atoms with van der Waals surface area (Å²) in [6, 6.07) is 6.58. The highest BCUT2D eigenvalue weighted by Gasteiger charge is 2.32. The molecule has 0 fully saturated rings. The normalized spacial score (nSPS) is 10.4. The summed E-state index contributed by atoms with van der Waals surface area (Å²) < 4.78 is 17.0. The Balaban J connectivity index is 2.59. The summed E-state index contributed by atoms with van der Waals surface area (Å²) in [5.74, 6) is -2.07. The summed E-state index contributed by atoms with van der Waals surface area (Å²) >= 11 is 5.97. The topological polar surface area (TPSA) is 83.8 Å². The third kappa shape index (κ3) is 4.31. The summed E-state index contributed by atoms with van der Waals surface area (Å²) in [7, 11) is 1.48. The Morgan fingerprint density at radius 3 is 2.33 bits per heavy atom. The Labute approximate surface area is 161 Å². The van der Waals surface area contributed by atoms with E-state index in [-0.39, 0.29) is 30.4 Å². The van der Waals surface area contributed by atoms with Crippen molar-refractivity contribution in [3.8, 4) is 11.5 Å². The number of benzene rings is 1. The van der Waals surface area contributed by atoms with Gasteiger partial charge in [-0.25, -0.2) is 9.59 Å². The third-order valence-corrected chi connectivity index (χ3v) is 3.98. The predicted molar refractivity (Wildman–Crippen MR) is 98.6 cm³/mol. The van der Waals surface area contributed by atoms with Crippen molar-refractivity contribution in [3.05, 3.63) is 46.2 Å². The van der Waals surface area contributed by atoms with Crippen molar-refractivity contribution in [2.75, 3.05) is 13.2 Å². The Kier molecular flexibility index (Phi) is 6.63. The molecule has 0 N–H and O–H groups in total. The van der Waals surface area contributed by atoms with Gasteiger partial charge in [-0.2, -0.15) is 0 Å². The van der Waals surface area contributed by atoms with E-state index in [1.807, 2.05) is 0 Å². The standard InChI is InChI=1S/C19H20ClNO6/c1-5-25-18(23)15-17(27-13-9-7-8-12(20)10-13)11(3)14(21(15)4)16(22)19(24)26-6-2/h7-10H,5-6H2,1-4H3. The first-order chi connectivity index (χ1) is 12.8. The molecule has 0 amide bonds. The summed E-state index contributed by atoms with van der Waals surface area (Å²) in [5, 5.41) is 0.446. The molecule has 0 saturated heterocycles. The van der Waals surface area contributed by atoms with E-state index in [1.165, 1.54) is 11.6 Å². The summed E-state index contributed by atoms with van der Waals surface area (Å²) in [5.41, 5.74) is 0.328. The van der Waals surface area contributed by atoms with Gasteiger partial charge in [0.25, 0.3) is 5.78 Å². The minimum Gasteiger partial charge on any atom is -0.461 e. The van der Waals surface area contributed by atoms with Crippen LogP contribution in [0.1, 0.15) is 40.4 Å². The van der Waals surface area contributed by atoms with Gasteiger partial charge in [0.1, 0.15) is 11.4 Å². The Morgan fingerprint density at radius 2 is 1.74 bits per heavy atom. The lowest BCUT2D eigenvalue weighted by molar-refractivity contribution is -0.137. The zero-order valence-corrected chi connectivity index (χ0v) is 16.3. The molecule has 27 heavy (non-hydrogen) atoms. The maximum Gasteiger partial charge on any atom is 0.381 e.